The molecule has 0 saturated carbocycles. The van der Waals surface area contributed by atoms with Crippen LogP contribution in [0.25, 0.3) is 0 Å². The van der Waals surface area contributed by atoms with E-state index in [4.69, 9.17) is 11.6 Å². The molecule has 6 heteroatoms. The third kappa shape index (κ3) is 5.01. The summed E-state index contributed by atoms with van der Waals surface area (Å²) in [6.45, 7) is 6.32. The first-order valence-corrected chi connectivity index (χ1v) is 8.05. The molecule has 0 radical (unpaired) electrons. The third-order valence-corrected chi connectivity index (χ3v) is 4.06. The van der Waals surface area contributed by atoms with E-state index < -0.39 is 0 Å². The number of nitrogens with zero attached hydrogens (tertiary/aromatic N) is 2. The maximum atomic E-state index is 5.85. The van der Waals surface area contributed by atoms with Gasteiger partial charge in [0.1, 0.15) is 0 Å². The lowest BCUT2D eigenvalue weighted by Gasteiger charge is -2.18. The Morgan fingerprint density at radius 1 is 1.26 bits per heavy atom. The van der Waals surface area contributed by atoms with Gasteiger partial charge in [0.15, 0.2) is 5.82 Å². The molecule has 0 saturated heterocycles. The van der Waals surface area contributed by atoms with Crippen molar-refractivity contribution < 1.29 is 0 Å². The summed E-state index contributed by atoms with van der Waals surface area (Å²) in [5, 5.41) is 4.96. The Hall–Kier alpha value is -0.780. The lowest BCUT2D eigenvalue weighted by Crippen LogP contribution is -2.25. The first kappa shape index (κ1) is 14.6. The number of rotatable bonds is 4. The molecule has 0 aliphatic heterocycles. The van der Waals surface area contributed by atoms with Crippen molar-refractivity contribution in [3.63, 3.8) is 0 Å². The smallest absolute Gasteiger partial charge is 0.203 e. The summed E-state index contributed by atoms with van der Waals surface area (Å²) in [5.41, 5.74) is 0.0140. The van der Waals surface area contributed by atoms with E-state index in [0.29, 0.717) is 0 Å². The molecule has 19 heavy (non-hydrogen) atoms. The summed E-state index contributed by atoms with van der Waals surface area (Å²) in [6.07, 6.45) is 0. The van der Waals surface area contributed by atoms with Crippen molar-refractivity contribution >= 4 is 40.0 Å². The Kier molecular flexibility index (Phi) is 4.71. The Morgan fingerprint density at radius 2 is 1.95 bits per heavy atom. The van der Waals surface area contributed by atoms with Crippen molar-refractivity contribution in [3.05, 3.63) is 35.1 Å². The number of aromatic nitrogens is 2. The fraction of sp³-hybridized carbons (Fsp3) is 0.385. The molecule has 1 N–H and O–H groups in total. The zero-order chi connectivity index (χ0) is 13.9. The Bertz CT molecular complexity index is 532. The first-order valence-electron chi connectivity index (χ1n) is 5.91. The van der Waals surface area contributed by atoms with Gasteiger partial charge in [-0.25, -0.2) is 4.98 Å². The lowest BCUT2D eigenvalue weighted by molar-refractivity contribution is 0.633. The van der Waals surface area contributed by atoms with Gasteiger partial charge in [-0.2, -0.15) is 4.37 Å². The molecular formula is C13H16ClN3S2. The first-order chi connectivity index (χ1) is 8.92. The average molecular weight is 314 g/mol. The molecular weight excluding hydrogens is 298 g/mol. The van der Waals surface area contributed by atoms with Gasteiger partial charge >= 0.3 is 0 Å². The van der Waals surface area contributed by atoms with Crippen molar-refractivity contribution in [3.8, 4) is 0 Å². The number of hydrogen-bond acceptors (Lipinski definition) is 5. The second-order valence-electron chi connectivity index (χ2n) is 5.13. The summed E-state index contributed by atoms with van der Waals surface area (Å²) < 4.78 is 4.35. The highest BCUT2D eigenvalue weighted by molar-refractivity contribution is 7.98. The van der Waals surface area contributed by atoms with Crippen LogP contribution in [0.15, 0.2) is 29.2 Å². The molecule has 1 heterocycles. The van der Waals surface area contributed by atoms with Gasteiger partial charge in [0, 0.05) is 27.0 Å². The monoisotopic (exact) mass is 313 g/mol. The van der Waals surface area contributed by atoms with E-state index in [-0.39, 0.29) is 5.54 Å². The highest BCUT2D eigenvalue weighted by Crippen LogP contribution is 2.25. The van der Waals surface area contributed by atoms with Crippen LogP contribution in [-0.2, 0) is 5.75 Å². The summed E-state index contributed by atoms with van der Waals surface area (Å²) in [4.78, 5) is 5.65. The summed E-state index contributed by atoms with van der Waals surface area (Å²) >= 11 is 8.97. The number of thioether (sulfide) groups is 1. The van der Waals surface area contributed by atoms with Gasteiger partial charge < -0.3 is 5.32 Å². The van der Waals surface area contributed by atoms with Crippen LogP contribution in [0.3, 0.4) is 0 Å². The molecule has 0 bridgehead atoms. The molecule has 0 aliphatic rings. The van der Waals surface area contributed by atoms with Gasteiger partial charge in [0.25, 0.3) is 0 Å². The normalized spacial score (nSPS) is 11.6. The summed E-state index contributed by atoms with van der Waals surface area (Å²) in [5.74, 6) is 1.63. The van der Waals surface area contributed by atoms with Crippen molar-refractivity contribution in [2.45, 2.75) is 37.0 Å². The number of halogens is 1. The molecule has 102 valence electrons. The van der Waals surface area contributed by atoms with E-state index in [1.54, 1.807) is 11.8 Å². The van der Waals surface area contributed by atoms with E-state index in [0.717, 1.165) is 21.7 Å². The van der Waals surface area contributed by atoms with Crippen molar-refractivity contribution in [2.75, 3.05) is 5.32 Å². The van der Waals surface area contributed by atoms with Crippen molar-refractivity contribution in [1.29, 1.82) is 0 Å². The number of benzene rings is 1. The van der Waals surface area contributed by atoms with E-state index >= 15 is 0 Å². The zero-order valence-corrected chi connectivity index (χ0v) is 13.5. The van der Waals surface area contributed by atoms with Crippen LogP contribution >= 0.6 is 34.9 Å². The minimum absolute atomic E-state index is 0.0140. The largest absolute Gasteiger partial charge is 0.356 e. The molecule has 0 amide bonds. The topological polar surface area (TPSA) is 37.8 Å². The number of anilines is 1. The molecule has 1 aromatic heterocycles. The SMILES string of the molecule is CC(C)(C)Nc1nc(CSc2ccc(Cl)cc2)ns1. The predicted octanol–water partition coefficient (Wildman–Crippen LogP) is 4.69. The van der Waals surface area contributed by atoms with E-state index in [1.165, 1.54) is 16.4 Å². The molecule has 0 fully saturated rings. The molecule has 0 unspecified atom stereocenters. The molecule has 0 spiro atoms. The van der Waals surface area contributed by atoms with E-state index in [2.05, 4.69) is 35.4 Å². The molecule has 0 atom stereocenters. The van der Waals surface area contributed by atoms with Gasteiger partial charge in [-0.15, -0.1) is 11.8 Å². The molecule has 1 aromatic carbocycles. The van der Waals surface area contributed by atoms with Gasteiger partial charge in [-0.1, -0.05) is 11.6 Å². The number of hydrogen-bond donors (Lipinski definition) is 1. The van der Waals surface area contributed by atoms with Crippen LogP contribution in [-0.4, -0.2) is 14.9 Å². The lowest BCUT2D eigenvalue weighted by atomic mass is 10.1. The summed E-state index contributed by atoms with van der Waals surface area (Å²) in [6, 6.07) is 7.80. The van der Waals surface area contributed by atoms with E-state index in [9.17, 15) is 0 Å². The van der Waals surface area contributed by atoms with Crippen LogP contribution in [0.2, 0.25) is 5.02 Å². The fourth-order valence-electron chi connectivity index (χ4n) is 1.36. The van der Waals surface area contributed by atoms with Crippen LogP contribution in [0.5, 0.6) is 0 Å². The van der Waals surface area contributed by atoms with Gasteiger partial charge in [0.05, 0.1) is 5.75 Å². The quantitative estimate of drug-likeness (QED) is 0.831. The standard InChI is InChI=1S/C13H16ClN3S2/c1-13(2,3)16-12-15-11(17-19-12)8-18-10-6-4-9(14)5-7-10/h4-7H,8H2,1-3H3,(H,15,16,17). The summed E-state index contributed by atoms with van der Waals surface area (Å²) in [7, 11) is 0. The van der Waals surface area contributed by atoms with E-state index in [1.807, 2.05) is 24.3 Å². The molecule has 2 rings (SSSR count). The van der Waals surface area contributed by atoms with Crippen LogP contribution in [0, 0.1) is 0 Å². The molecule has 2 aromatic rings. The average Bonchev–Trinajstić information content (AvgIpc) is 2.73. The van der Waals surface area contributed by atoms with Gasteiger partial charge in [-0.05, 0) is 45.0 Å². The predicted molar refractivity (Wildman–Crippen MR) is 84.3 cm³/mol. The minimum atomic E-state index is 0.0140. The van der Waals surface area contributed by atoms with Crippen molar-refractivity contribution in [2.24, 2.45) is 0 Å². The minimum Gasteiger partial charge on any atom is -0.356 e. The van der Waals surface area contributed by atoms with Crippen LogP contribution in [0.4, 0.5) is 5.13 Å². The van der Waals surface area contributed by atoms with Crippen LogP contribution < -0.4 is 5.32 Å². The van der Waals surface area contributed by atoms with Gasteiger partial charge in [-0.3, -0.25) is 0 Å². The number of nitrogens with one attached hydrogen (secondary N) is 1. The Labute approximate surface area is 127 Å². The fourth-order valence-corrected chi connectivity index (χ4v) is 3.12. The van der Waals surface area contributed by atoms with Crippen molar-refractivity contribution in [1.82, 2.24) is 9.36 Å². The highest BCUT2D eigenvalue weighted by Gasteiger charge is 2.12. The second kappa shape index (κ2) is 6.11. The molecule has 0 aliphatic carbocycles. The molecule has 3 nitrogen and oxygen atoms in total. The maximum absolute atomic E-state index is 5.85. The Morgan fingerprint density at radius 3 is 2.58 bits per heavy atom. The van der Waals surface area contributed by atoms with Crippen LogP contribution in [0.1, 0.15) is 26.6 Å². The maximum Gasteiger partial charge on any atom is 0.203 e. The highest BCUT2D eigenvalue weighted by atomic mass is 35.5. The zero-order valence-electron chi connectivity index (χ0n) is 11.1. The Balaban J connectivity index is 1.91. The third-order valence-electron chi connectivity index (χ3n) is 2.13. The second-order valence-corrected chi connectivity index (χ2v) is 7.37. The van der Waals surface area contributed by atoms with Gasteiger partial charge in [0.2, 0.25) is 5.13 Å².